The number of hydrogen-bond donors (Lipinski definition) is 2. The van der Waals surface area contributed by atoms with Gasteiger partial charge in [0.2, 0.25) is 5.82 Å². The molecule has 0 aliphatic heterocycles. The van der Waals surface area contributed by atoms with Gasteiger partial charge in [-0.1, -0.05) is 0 Å². The summed E-state index contributed by atoms with van der Waals surface area (Å²) < 4.78 is 24.9. The van der Waals surface area contributed by atoms with E-state index in [2.05, 4.69) is 5.18 Å². The summed E-state index contributed by atoms with van der Waals surface area (Å²) in [5, 5.41) is 19.4. The summed E-state index contributed by atoms with van der Waals surface area (Å²) in [4.78, 5) is 9.82. The molecule has 0 unspecified atom stereocenters. The van der Waals surface area contributed by atoms with E-state index >= 15 is 0 Å². The van der Waals surface area contributed by atoms with Crippen LogP contribution in [0.5, 0.6) is 11.5 Å². The van der Waals surface area contributed by atoms with Crippen molar-refractivity contribution in [2.24, 2.45) is 5.18 Å². The van der Waals surface area contributed by atoms with E-state index in [9.17, 15) is 13.7 Å². The molecule has 1 aromatic carbocycles. The highest BCUT2D eigenvalue weighted by atomic mass is 19.1. The van der Waals surface area contributed by atoms with Crippen LogP contribution in [0.2, 0.25) is 0 Å². The van der Waals surface area contributed by atoms with Crippen LogP contribution >= 0.6 is 0 Å². The van der Waals surface area contributed by atoms with E-state index in [1.165, 1.54) is 0 Å². The molecule has 0 spiro atoms. The van der Waals surface area contributed by atoms with Gasteiger partial charge in [-0.05, 0) is 5.18 Å². The minimum atomic E-state index is -1.59. The number of aromatic hydroxyl groups is 2. The van der Waals surface area contributed by atoms with Gasteiger partial charge >= 0.3 is 0 Å². The van der Waals surface area contributed by atoms with E-state index in [0.717, 1.165) is 0 Å². The maximum atomic E-state index is 12.5. The third kappa shape index (κ3) is 1.07. The predicted molar refractivity (Wildman–Crippen MR) is 35.1 cm³/mol. The zero-order valence-corrected chi connectivity index (χ0v) is 5.58. The van der Waals surface area contributed by atoms with E-state index < -0.39 is 28.8 Å². The van der Waals surface area contributed by atoms with Crippen LogP contribution in [0, 0.1) is 16.5 Å². The molecule has 64 valence electrons. The lowest BCUT2D eigenvalue weighted by Gasteiger charge is -2.00. The minimum absolute atomic E-state index is 0.431. The maximum Gasteiger partial charge on any atom is 0.211 e. The maximum absolute atomic E-state index is 12.5. The first kappa shape index (κ1) is 8.38. The Bertz CT molecular complexity index is 340. The molecule has 0 saturated heterocycles. The van der Waals surface area contributed by atoms with Crippen LogP contribution in [0.4, 0.5) is 14.5 Å². The molecule has 0 amide bonds. The summed E-state index contributed by atoms with van der Waals surface area (Å²) in [6.07, 6.45) is 0. The number of phenolic OH excluding ortho intramolecular Hbond substituents is 2. The van der Waals surface area contributed by atoms with Gasteiger partial charge in [-0.15, -0.1) is 4.91 Å². The Kier molecular flexibility index (Phi) is 1.90. The topological polar surface area (TPSA) is 69.9 Å². The number of nitrogens with zero attached hydrogens (tertiary/aromatic N) is 1. The molecule has 1 aromatic rings. The van der Waals surface area contributed by atoms with E-state index in [1.807, 2.05) is 0 Å². The summed E-state index contributed by atoms with van der Waals surface area (Å²) in [5.74, 6) is -5.44. The highest BCUT2D eigenvalue weighted by molar-refractivity contribution is 5.55. The van der Waals surface area contributed by atoms with Gasteiger partial charge in [0, 0.05) is 6.07 Å². The average molecular weight is 175 g/mol. The van der Waals surface area contributed by atoms with Gasteiger partial charge in [0.15, 0.2) is 23.0 Å². The van der Waals surface area contributed by atoms with E-state index in [4.69, 9.17) is 10.2 Å². The second kappa shape index (κ2) is 2.72. The van der Waals surface area contributed by atoms with Crippen LogP contribution in [0.25, 0.3) is 0 Å². The van der Waals surface area contributed by atoms with Crippen molar-refractivity contribution in [1.29, 1.82) is 0 Å². The highest BCUT2D eigenvalue weighted by Crippen LogP contribution is 2.36. The Morgan fingerprint density at radius 3 is 2.33 bits per heavy atom. The van der Waals surface area contributed by atoms with Crippen LogP contribution in [0.1, 0.15) is 0 Å². The van der Waals surface area contributed by atoms with Crippen molar-refractivity contribution in [1.82, 2.24) is 0 Å². The number of halogens is 2. The molecule has 0 heterocycles. The lowest BCUT2D eigenvalue weighted by molar-refractivity contribution is 0.367. The quantitative estimate of drug-likeness (QED) is 0.639. The number of nitroso groups, excluding NO2 is 1. The number of benzene rings is 1. The SMILES string of the molecule is O=Nc1cc(F)c(O)c(F)c1O. The number of rotatable bonds is 1. The van der Waals surface area contributed by atoms with Crippen LogP contribution in [-0.4, -0.2) is 10.2 Å². The fourth-order valence-corrected chi connectivity index (χ4v) is 0.656. The van der Waals surface area contributed by atoms with Crippen molar-refractivity contribution >= 4 is 5.69 Å². The molecule has 1 rings (SSSR count). The fraction of sp³-hybridized carbons (Fsp3) is 0. The summed E-state index contributed by atoms with van der Waals surface area (Å²) in [5.41, 5.74) is -0.789. The van der Waals surface area contributed by atoms with Crippen LogP contribution in [0.15, 0.2) is 11.2 Å². The average Bonchev–Trinajstić information content (AvgIpc) is 2.08. The lowest BCUT2D eigenvalue weighted by atomic mass is 10.2. The molecule has 0 aromatic heterocycles. The van der Waals surface area contributed by atoms with Crippen LogP contribution in [-0.2, 0) is 0 Å². The smallest absolute Gasteiger partial charge is 0.211 e. The third-order valence-electron chi connectivity index (χ3n) is 1.25. The molecule has 2 N–H and O–H groups in total. The highest BCUT2D eigenvalue weighted by Gasteiger charge is 2.17. The zero-order chi connectivity index (χ0) is 9.30. The van der Waals surface area contributed by atoms with Crippen molar-refractivity contribution in [3.8, 4) is 11.5 Å². The molecule has 0 atom stereocenters. The predicted octanol–water partition coefficient (Wildman–Crippen LogP) is 1.77. The molecule has 0 aliphatic rings. The molecule has 6 heteroatoms. The Morgan fingerprint density at radius 2 is 1.83 bits per heavy atom. The van der Waals surface area contributed by atoms with Crippen molar-refractivity contribution in [3.05, 3.63) is 22.6 Å². The van der Waals surface area contributed by atoms with E-state index in [0.29, 0.717) is 6.07 Å². The van der Waals surface area contributed by atoms with Crippen molar-refractivity contribution < 1.29 is 19.0 Å². The van der Waals surface area contributed by atoms with Gasteiger partial charge in [-0.3, -0.25) is 0 Å². The van der Waals surface area contributed by atoms with Gasteiger partial charge < -0.3 is 10.2 Å². The molecule has 0 saturated carbocycles. The molecule has 0 bridgehead atoms. The second-order valence-electron chi connectivity index (χ2n) is 1.98. The summed E-state index contributed by atoms with van der Waals surface area (Å²) >= 11 is 0. The first-order chi connectivity index (χ1) is 5.57. The van der Waals surface area contributed by atoms with E-state index in [1.54, 1.807) is 0 Å². The summed E-state index contributed by atoms with van der Waals surface area (Å²) in [6.45, 7) is 0. The zero-order valence-electron chi connectivity index (χ0n) is 5.58. The van der Waals surface area contributed by atoms with Gasteiger partial charge in [0.25, 0.3) is 0 Å². The van der Waals surface area contributed by atoms with Gasteiger partial charge in [0.05, 0.1) is 0 Å². The second-order valence-corrected chi connectivity index (χ2v) is 1.98. The van der Waals surface area contributed by atoms with Crippen LogP contribution < -0.4 is 0 Å². The first-order valence-corrected chi connectivity index (χ1v) is 2.81. The van der Waals surface area contributed by atoms with Gasteiger partial charge in [-0.2, -0.15) is 4.39 Å². The summed E-state index contributed by atoms with van der Waals surface area (Å²) in [7, 11) is 0. The Hall–Kier alpha value is -1.72. The fourth-order valence-electron chi connectivity index (χ4n) is 0.656. The molecule has 4 nitrogen and oxygen atoms in total. The lowest BCUT2D eigenvalue weighted by Crippen LogP contribution is -1.83. The standard InChI is InChI=1S/C6H3F2NO3/c7-2-1-3(9-12)6(11)4(8)5(2)10/h1,10-11H. The first-order valence-electron chi connectivity index (χ1n) is 2.81. The van der Waals surface area contributed by atoms with Crippen LogP contribution in [0.3, 0.4) is 0 Å². The monoisotopic (exact) mass is 175 g/mol. The van der Waals surface area contributed by atoms with Gasteiger partial charge in [-0.25, -0.2) is 4.39 Å². The Balaban J connectivity index is 3.49. The molecule has 0 fully saturated rings. The molecule has 0 radical (unpaired) electrons. The van der Waals surface area contributed by atoms with Gasteiger partial charge in [0.1, 0.15) is 0 Å². The molecule has 12 heavy (non-hydrogen) atoms. The molecule has 0 aliphatic carbocycles. The molecular formula is C6H3F2NO3. The normalized spacial score (nSPS) is 9.83. The Morgan fingerprint density at radius 1 is 1.25 bits per heavy atom. The third-order valence-corrected chi connectivity index (χ3v) is 1.25. The van der Waals surface area contributed by atoms with E-state index in [-0.39, 0.29) is 0 Å². The van der Waals surface area contributed by atoms with Crippen molar-refractivity contribution in [2.75, 3.05) is 0 Å². The number of hydrogen-bond acceptors (Lipinski definition) is 4. The minimum Gasteiger partial charge on any atom is -0.503 e. The van der Waals surface area contributed by atoms with Crippen molar-refractivity contribution in [3.63, 3.8) is 0 Å². The number of phenols is 2. The van der Waals surface area contributed by atoms with Crippen molar-refractivity contribution in [2.45, 2.75) is 0 Å². The Labute approximate surface area is 65.0 Å². The summed E-state index contributed by atoms with van der Waals surface area (Å²) in [6, 6.07) is 0.431. The molecular weight excluding hydrogens is 172 g/mol. The largest absolute Gasteiger partial charge is 0.503 e.